The van der Waals surface area contributed by atoms with Gasteiger partial charge in [0.05, 0.1) is 18.6 Å². The van der Waals surface area contributed by atoms with Gasteiger partial charge in [0.2, 0.25) is 0 Å². The summed E-state index contributed by atoms with van der Waals surface area (Å²) in [6.45, 7) is 13.2. The van der Waals surface area contributed by atoms with E-state index in [-0.39, 0.29) is 34.4 Å². The lowest BCUT2D eigenvalue weighted by Crippen LogP contribution is -2.65. The summed E-state index contributed by atoms with van der Waals surface area (Å²) in [6, 6.07) is 0. The van der Waals surface area contributed by atoms with Gasteiger partial charge in [0.25, 0.3) is 0 Å². The van der Waals surface area contributed by atoms with E-state index in [1.807, 2.05) is 6.92 Å². The van der Waals surface area contributed by atoms with Gasteiger partial charge in [0.1, 0.15) is 11.7 Å². The van der Waals surface area contributed by atoms with Gasteiger partial charge >= 0.3 is 5.97 Å². The predicted octanol–water partition coefficient (Wildman–Crippen LogP) is 5.44. The highest BCUT2D eigenvalue weighted by Crippen LogP contribution is 2.64. The van der Waals surface area contributed by atoms with E-state index in [9.17, 15) is 9.90 Å². The lowest BCUT2D eigenvalue weighted by Gasteiger charge is -2.64. The molecule has 5 nitrogen and oxygen atoms in total. The van der Waals surface area contributed by atoms with Gasteiger partial charge in [-0.05, 0) is 87.9 Å². The Kier molecular flexibility index (Phi) is 6.69. The monoisotopic (exact) mass is 424 g/mol. The van der Waals surface area contributed by atoms with Crippen LogP contribution >= 0.6 is 0 Å². The molecule has 2 saturated carbocycles. The second kappa shape index (κ2) is 8.37. The molecule has 0 aromatic heterocycles. The van der Waals surface area contributed by atoms with Crippen LogP contribution in [0, 0.1) is 28.6 Å². The van der Waals surface area contributed by atoms with E-state index < -0.39 is 5.60 Å². The van der Waals surface area contributed by atoms with Crippen molar-refractivity contribution in [3.05, 3.63) is 0 Å². The molecule has 1 heterocycles. The van der Waals surface area contributed by atoms with Crippen LogP contribution in [0.3, 0.4) is 0 Å². The minimum atomic E-state index is -0.596. The lowest BCUT2D eigenvalue weighted by molar-refractivity contribution is -0.412. The fourth-order valence-electron chi connectivity index (χ4n) is 7.08. The number of methoxy groups -OCH3 is 1. The smallest absolute Gasteiger partial charge is 0.311 e. The average molecular weight is 425 g/mol. The van der Waals surface area contributed by atoms with Crippen molar-refractivity contribution < 1.29 is 24.4 Å². The Bertz CT molecular complexity index is 623. The molecule has 3 aliphatic rings. The van der Waals surface area contributed by atoms with E-state index in [1.165, 1.54) is 13.5 Å². The standard InChI is InChI=1S/C25H44O5/c1-17-9-16-25(27)22(3,4)12-8-13-24(25,6)19(17)10-14-23(5)15-11-20(29-30-23)18(2)21(26)28-7/h17-20,27H,8-16H2,1-7H3/t17-,18+,19+,20+,23-,24-,25+/m1/s1. The third-order valence-electron chi connectivity index (χ3n) is 9.47. The zero-order valence-corrected chi connectivity index (χ0v) is 20.3. The summed E-state index contributed by atoms with van der Waals surface area (Å²) in [5.41, 5.74) is -1.03. The summed E-state index contributed by atoms with van der Waals surface area (Å²) in [6.07, 6.45) is 8.77. The Morgan fingerprint density at radius 2 is 1.83 bits per heavy atom. The largest absolute Gasteiger partial charge is 0.469 e. The SMILES string of the molecule is COC(=O)[C@@H](C)[C@@H]1CC[C@@](C)(CC[C@H]2[C@H](C)CC[C@]3(O)C(C)(C)CCC[C@]23C)OO1. The van der Waals surface area contributed by atoms with Crippen LogP contribution in [-0.4, -0.2) is 35.5 Å². The molecular formula is C25H44O5. The Morgan fingerprint density at radius 3 is 2.43 bits per heavy atom. The maximum Gasteiger partial charge on any atom is 0.311 e. The Labute approximate surface area is 183 Å². The number of carbonyl (C=O) groups excluding carboxylic acids is 1. The molecule has 1 saturated heterocycles. The van der Waals surface area contributed by atoms with Crippen LogP contribution < -0.4 is 0 Å². The lowest BCUT2D eigenvalue weighted by atomic mass is 9.43. The van der Waals surface area contributed by atoms with Gasteiger partial charge in [-0.1, -0.05) is 34.1 Å². The first-order valence-corrected chi connectivity index (χ1v) is 12.0. The summed E-state index contributed by atoms with van der Waals surface area (Å²) < 4.78 is 4.85. The molecule has 5 heteroatoms. The van der Waals surface area contributed by atoms with Crippen molar-refractivity contribution in [2.24, 2.45) is 28.6 Å². The first-order chi connectivity index (χ1) is 13.9. The van der Waals surface area contributed by atoms with Crippen molar-refractivity contribution in [2.75, 3.05) is 7.11 Å². The summed E-state index contributed by atoms with van der Waals surface area (Å²) in [5.74, 6) is 0.499. The van der Waals surface area contributed by atoms with Gasteiger partial charge in [0, 0.05) is 0 Å². The van der Waals surface area contributed by atoms with Gasteiger partial charge in [-0.3, -0.25) is 4.79 Å². The van der Waals surface area contributed by atoms with E-state index in [0.717, 1.165) is 51.4 Å². The van der Waals surface area contributed by atoms with Crippen molar-refractivity contribution in [2.45, 2.75) is 117 Å². The number of fused-ring (bicyclic) bond motifs is 1. The van der Waals surface area contributed by atoms with E-state index in [2.05, 4.69) is 34.6 Å². The third kappa shape index (κ3) is 3.95. The van der Waals surface area contributed by atoms with Gasteiger partial charge in [-0.15, -0.1) is 0 Å². The van der Waals surface area contributed by atoms with Crippen molar-refractivity contribution in [3.8, 4) is 0 Å². The topological polar surface area (TPSA) is 65.0 Å². The molecule has 3 rings (SSSR count). The Balaban J connectivity index is 1.67. The van der Waals surface area contributed by atoms with Crippen molar-refractivity contribution in [1.82, 2.24) is 0 Å². The second-order valence-electron chi connectivity index (χ2n) is 11.7. The molecule has 0 radical (unpaired) electrons. The van der Waals surface area contributed by atoms with E-state index in [1.54, 1.807) is 0 Å². The zero-order valence-electron chi connectivity index (χ0n) is 20.3. The molecule has 7 atom stereocenters. The quantitative estimate of drug-likeness (QED) is 0.470. The number of aliphatic hydroxyl groups is 1. The van der Waals surface area contributed by atoms with Crippen molar-refractivity contribution >= 4 is 5.97 Å². The summed E-state index contributed by atoms with van der Waals surface area (Å²) in [4.78, 5) is 23.4. The molecule has 0 amide bonds. The molecule has 0 spiro atoms. The van der Waals surface area contributed by atoms with E-state index in [0.29, 0.717) is 11.8 Å². The highest BCUT2D eigenvalue weighted by molar-refractivity contribution is 5.72. The molecule has 3 fully saturated rings. The van der Waals surface area contributed by atoms with Gasteiger partial charge in [-0.25, -0.2) is 9.78 Å². The number of carbonyl (C=O) groups is 1. The molecule has 0 bridgehead atoms. The molecular weight excluding hydrogens is 380 g/mol. The highest BCUT2D eigenvalue weighted by atomic mass is 17.2. The first-order valence-electron chi connectivity index (χ1n) is 12.0. The van der Waals surface area contributed by atoms with Crippen LogP contribution in [0.1, 0.15) is 99.3 Å². The fraction of sp³-hybridized carbons (Fsp3) is 0.960. The number of hydrogen-bond donors (Lipinski definition) is 1. The first kappa shape index (κ1) is 24.0. The van der Waals surface area contributed by atoms with Crippen molar-refractivity contribution in [1.29, 1.82) is 0 Å². The maximum absolute atomic E-state index is 11.9. The highest BCUT2D eigenvalue weighted by Gasteiger charge is 2.63. The maximum atomic E-state index is 11.9. The number of ether oxygens (including phenoxy) is 1. The average Bonchev–Trinajstić information content (AvgIpc) is 2.69. The summed E-state index contributed by atoms with van der Waals surface area (Å²) in [5, 5.41) is 11.9. The molecule has 174 valence electrons. The van der Waals surface area contributed by atoms with Crippen LogP contribution in [0.5, 0.6) is 0 Å². The molecule has 30 heavy (non-hydrogen) atoms. The van der Waals surface area contributed by atoms with E-state index in [4.69, 9.17) is 14.5 Å². The normalized spacial score (nSPS) is 44.7. The number of rotatable bonds is 5. The van der Waals surface area contributed by atoms with Gasteiger partial charge in [0.15, 0.2) is 0 Å². The number of hydrogen-bond acceptors (Lipinski definition) is 5. The van der Waals surface area contributed by atoms with Crippen LogP contribution in [0.15, 0.2) is 0 Å². The van der Waals surface area contributed by atoms with Crippen molar-refractivity contribution in [3.63, 3.8) is 0 Å². The molecule has 1 aliphatic heterocycles. The van der Waals surface area contributed by atoms with Crippen LogP contribution in [0.4, 0.5) is 0 Å². The fourth-order valence-corrected chi connectivity index (χ4v) is 7.08. The number of esters is 1. The Morgan fingerprint density at radius 1 is 1.13 bits per heavy atom. The van der Waals surface area contributed by atoms with Gasteiger partial charge < -0.3 is 9.84 Å². The van der Waals surface area contributed by atoms with Crippen LogP contribution in [-0.2, 0) is 19.3 Å². The predicted molar refractivity (Wildman–Crippen MR) is 117 cm³/mol. The van der Waals surface area contributed by atoms with Crippen LogP contribution in [0.2, 0.25) is 0 Å². The van der Waals surface area contributed by atoms with Crippen LogP contribution in [0.25, 0.3) is 0 Å². The Hall–Kier alpha value is -0.650. The summed E-state index contributed by atoms with van der Waals surface area (Å²) >= 11 is 0. The molecule has 0 aromatic carbocycles. The van der Waals surface area contributed by atoms with Gasteiger partial charge in [-0.2, -0.15) is 0 Å². The molecule has 2 aliphatic carbocycles. The third-order valence-corrected chi connectivity index (χ3v) is 9.47. The summed E-state index contributed by atoms with van der Waals surface area (Å²) in [7, 11) is 1.41. The second-order valence-corrected chi connectivity index (χ2v) is 11.7. The minimum absolute atomic E-state index is 0.0377. The molecule has 0 unspecified atom stereocenters. The minimum Gasteiger partial charge on any atom is -0.469 e. The molecule has 0 aromatic rings. The molecule has 1 N–H and O–H groups in total. The van der Waals surface area contributed by atoms with E-state index >= 15 is 0 Å². The zero-order chi connectivity index (χ0) is 22.4.